The third kappa shape index (κ3) is 3.78. The van der Waals surface area contributed by atoms with E-state index in [1.165, 1.54) is 12.1 Å². The molecule has 5 nitrogen and oxygen atoms in total. The topological polar surface area (TPSA) is 83.5 Å². The fraction of sp³-hybridized carbons (Fsp3) is 0.364. The Kier molecular flexibility index (Phi) is 4.80. The number of carboxylic acids is 1. The lowest BCUT2D eigenvalue weighted by atomic mass is 10.2. The number of hydrogen-bond acceptors (Lipinski definition) is 3. The van der Waals surface area contributed by atoms with Crippen LogP contribution in [0, 0.1) is 5.82 Å². The molecule has 0 unspecified atom stereocenters. The first-order valence-electron chi connectivity index (χ1n) is 5.37. The van der Waals surface area contributed by atoms with Crippen LogP contribution in [0.1, 0.15) is 19.8 Å². The lowest BCUT2D eigenvalue weighted by Crippen LogP contribution is -2.40. The van der Waals surface area contributed by atoms with E-state index in [1.807, 2.05) is 4.72 Å². The van der Waals surface area contributed by atoms with Gasteiger partial charge in [-0.15, -0.1) is 0 Å². The smallest absolute Gasteiger partial charge is 0.321 e. The maximum absolute atomic E-state index is 12.9. The van der Waals surface area contributed by atoms with Gasteiger partial charge in [-0.05, 0) is 24.6 Å². The highest BCUT2D eigenvalue weighted by molar-refractivity contribution is 7.89. The second-order valence-corrected chi connectivity index (χ2v) is 5.47. The summed E-state index contributed by atoms with van der Waals surface area (Å²) in [6.45, 7) is 1.74. The predicted molar refractivity (Wildman–Crippen MR) is 63.1 cm³/mol. The molecule has 2 N–H and O–H groups in total. The van der Waals surface area contributed by atoms with Crippen molar-refractivity contribution in [1.82, 2.24) is 4.72 Å². The molecular weight excluding hydrogens is 261 g/mol. The van der Waals surface area contributed by atoms with E-state index in [0.29, 0.717) is 6.42 Å². The second-order valence-electron chi connectivity index (χ2n) is 3.76. The summed E-state index contributed by atoms with van der Waals surface area (Å²) >= 11 is 0. The molecule has 18 heavy (non-hydrogen) atoms. The molecule has 0 aliphatic carbocycles. The molecule has 0 saturated carbocycles. The average Bonchev–Trinajstić information content (AvgIpc) is 2.28. The van der Waals surface area contributed by atoms with Gasteiger partial charge in [0.2, 0.25) is 10.0 Å². The van der Waals surface area contributed by atoms with Gasteiger partial charge in [0, 0.05) is 0 Å². The molecule has 0 aromatic heterocycles. The van der Waals surface area contributed by atoms with E-state index < -0.39 is 27.9 Å². The Labute approximate surface area is 105 Å². The van der Waals surface area contributed by atoms with Crippen LogP contribution >= 0.6 is 0 Å². The van der Waals surface area contributed by atoms with Crippen molar-refractivity contribution >= 4 is 16.0 Å². The number of sulfonamides is 1. The van der Waals surface area contributed by atoms with E-state index in [9.17, 15) is 17.6 Å². The zero-order chi connectivity index (χ0) is 13.8. The Morgan fingerprint density at radius 2 is 2.17 bits per heavy atom. The molecule has 0 heterocycles. The van der Waals surface area contributed by atoms with Gasteiger partial charge in [-0.1, -0.05) is 19.4 Å². The van der Waals surface area contributed by atoms with E-state index in [4.69, 9.17) is 5.11 Å². The predicted octanol–water partition coefficient (Wildman–Crippen LogP) is 1.36. The summed E-state index contributed by atoms with van der Waals surface area (Å²) in [4.78, 5) is 10.6. The van der Waals surface area contributed by atoms with Crippen molar-refractivity contribution in [3.63, 3.8) is 0 Å². The van der Waals surface area contributed by atoms with Crippen LogP contribution in [0.4, 0.5) is 4.39 Å². The number of aliphatic carboxylic acids is 1. The summed E-state index contributed by atoms with van der Waals surface area (Å²) in [7, 11) is -4.02. The highest BCUT2D eigenvalue weighted by Gasteiger charge is 2.24. The Morgan fingerprint density at radius 1 is 1.50 bits per heavy atom. The minimum Gasteiger partial charge on any atom is -0.480 e. The van der Waals surface area contributed by atoms with Crippen LogP contribution in [0.3, 0.4) is 0 Å². The highest BCUT2D eigenvalue weighted by Crippen LogP contribution is 2.12. The Morgan fingerprint density at radius 3 is 2.67 bits per heavy atom. The molecule has 1 rings (SSSR count). The normalized spacial score (nSPS) is 13.2. The van der Waals surface area contributed by atoms with Crippen LogP contribution < -0.4 is 4.72 Å². The lowest BCUT2D eigenvalue weighted by Gasteiger charge is -2.13. The zero-order valence-corrected chi connectivity index (χ0v) is 10.6. The standard InChI is InChI=1S/C11H14FNO4S/c1-2-4-10(11(14)15)13-18(16,17)9-6-3-5-8(12)7-9/h3,5-7,10,13H,2,4H2,1H3,(H,14,15)/t10-/m1/s1. The van der Waals surface area contributed by atoms with E-state index in [-0.39, 0.29) is 11.3 Å². The fourth-order valence-electron chi connectivity index (χ4n) is 1.41. The summed E-state index contributed by atoms with van der Waals surface area (Å²) in [5.41, 5.74) is 0. The molecule has 0 bridgehead atoms. The van der Waals surface area contributed by atoms with Gasteiger partial charge in [0.15, 0.2) is 0 Å². The van der Waals surface area contributed by atoms with E-state index in [1.54, 1.807) is 6.92 Å². The van der Waals surface area contributed by atoms with Crippen molar-refractivity contribution in [2.24, 2.45) is 0 Å². The maximum atomic E-state index is 12.9. The molecule has 1 aromatic rings. The first-order valence-corrected chi connectivity index (χ1v) is 6.86. The largest absolute Gasteiger partial charge is 0.480 e. The van der Waals surface area contributed by atoms with Gasteiger partial charge in [0.1, 0.15) is 11.9 Å². The van der Waals surface area contributed by atoms with Crippen LogP contribution in [-0.2, 0) is 14.8 Å². The molecule has 7 heteroatoms. The second kappa shape index (κ2) is 5.92. The van der Waals surface area contributed by atoms with Crippen molar-refractivity contribution in [2.45, 2.75) is 30.7 Å². The molecular formula is C11H14FNO4S. The number of nitrogens with one attached hydrogen (secondary N) is 1. The van der Waals surface area contributed by atoms with E-state index in [0.717, 1.165) is 12.1 Å². The van der Waals surface area contributed by atoms with Crippen LogP contribution in [0.2, 0.25) is 0 Å². The molecule has 100 valence electrons. The zero-order valence-electron chi connectivity index (χ0n) is 9.76. The number of carboxylic acid groups (broad SMARTS) is 1. The molecule has 0 radical (unpaired) electrons. The first kappa shape index (κ1) is 14.6. The molecule has 0 aliphatic heterocycles. The summed E-state index contributed by atoms with van der Waals surface area (Å²) in [5.74, 6) is -1.95. The summed E-state index contributed by atoms with van der Waals surface area (Å²) in [5, 5.41) is 8.87. The molecule has 0 saturated heterocycles. The van der Waals surface area contributed by atoms with Crippen LogP contribution in [0.5, 0.6) is 0 Å². The van der Waals surface area contributed by atoms with Crippen LogP contribution in [0.25, 0.3) is 0 Å². The monoisotopic (exact) mass is 275 g/mol. The fourth-order valence-corrected chi connectivity index (χ4v) is 2.67. The van der Waals surface area contributed by atoms with Crippen LogP contribution in [0.15, 0.2) is 29.2 Å². The number of carbonyl (C=O) groups is 1. The Balaban J connectivity index is 2.97. The van der Waals surface area contributed by atoms with Crippen molar-refractivity contribution in [3.8, 4) is 0 Å². The third-order valence-corrected chi connectivity index (χ3v) is 3.75. The average molecular weight is 275 g/mol. The van der Waals surface area contributed by atoms with Crippen LogP contribution in [-0.4, -0.2) is 25.5 Å². The van der Waals surface area contributed by atoms with Crippen molar-refractivity contribution < 1.29 is 22.7 Å². The quantitative estimate of drug-likeness (QED) is 0.821. The van der Waals surface area contributed by atoms with Crippen molar-refractivity contribution in [3.05, 3.63) is 30.1 Å². The minimum absolute atomic E-state index is 0.171. The van der Waals surface area contributed by atoms with Gasteiger partial charge in [0.25, 0.3) is 0 Å². The van der Waals surface area contributed by atoms with Gasteiger partial charge in [-0.2, -0.15) is 4.72 Å². The SMILES string of the molecule is CCC[C@@H](NS(=O)(=O)c1cccc(F)c1)C(=O)O. The minimum atomic E-state index is -4.02. The van der Waals surface area contributed by atoms with Gasteiger partial charge >= 0.3 is 5.97 Å². The van der Waals surface area contributed by atoms with Crippen molar-refractivity contribution in [2.75, 3.05) is 0 Å². The summed E-state index contributed by atoms with van der Waals surface area (Å²) in [6.07, 6.45) is 0.687. The molecule has 1 atom stereocenters. The van der Waals surface area contributed by atoms with Gasteiger partial charge < -0.3 is 5.11 Å². The Hall–Kier alpha value is -1.47. The molecule has 0 fully saturated rings. The number of benzene rings is 1. The first-order chi connectivity index (χ1) is 8.36. The number of halogens is 1. The number of rotatable bonds is 6. The molecule has 1 aromatic carbocycles. The summed E-state index contributed by atoms with van der Waals surface area (Å²) in [6, 6.07) is 3.20. The molecule has 0 spiro atoms. The van der Waals surface area contributed by atoms with Gasteiger partial charge in [-0.25, -0.2) is 12.8 Å². The van der Waals surface area contributed by atoms with Crippen molar-refractivity contribution in [1.29, 1.82) is 0 Å². The third-order valence-electron chi connectivity index (χ3n) is 2.28. The van der Waals surface area contributed by atoms with Gasteiger partial charge in [-0.3, -0.25) is 4.79 Å². The van der Waals surface area contributed by atoms with Gasteiger partial charge in [0.05, 0.1) is 4.90 Å². The maximum Gasteiger partial charge on any atom is 0.321 e. The lowest BCUT2D eigenvalue weighted by molar-refractivity contribution is -0.139. The highest BCUT2D eigenvalue weighted by atomic mass is 32.2. The summed E-state index contributed by atoms with van der Waals surface area (Å²) < 4.78 is 38.6. The molecule has 0 aliphatic rings. The number of hydrogen-bond donors (Lipinski definition) is 2. The van der Waals surface area contributed by atoms with E-state index in [2.05, 4.69) is 0 Å². The van der Waals surface area contributed by atoms with E-state index >= 15 is 0 Å². The Bertz CT molecular complexity index is 530. The molecule has 0 amide bonds.